The van der Waals surface area contributed by atoms with Gasteiger partial charge in [-0.1, -0.05) is 23.7 Å². The number of nitrogens with zero attached hydrogens (tertiary/aromatic N) is 1. The first-order chi connectivity index (χ1) is 8.45. The van der Waals surface area contributed by atoms with Gasteiger partial charge in [0.2, 0.25) is 5.91 Å². The van der Waals surface area contributed by atoms with Crippen LogP contribution in [0.2, 0.25) is 5.02 Å². The van der Waals surface area contributed by atoms with Gasteiger partial charge in [-0.2, -0.15) is 0 Å². The standard InChI is InChI=1S/C13H20ClN3O/c1-9(7-13(18)16-15)17(3)10(2)11-5-4-6-12(14)8-11/h4-6,8-10H,7,15H2,1-3H3,(H,16,18). The van der Waals surface area contributed by atoms with Gasteiger partial charge in [0.05, 0.1) is 0 Å². The number of rotatable bonds is 5. The number of amides is 1. The van der Waals surface area contributed by atoms with Gasteiger partial charge in [0.25, 0.3) is 0 Å². The zero-order valence-electron chi connectivity index (χ0n) is 11.0. The maximum atomic E-state index is 11.3. The van der Waals surface area contributed by atoms with E-state index in [1.807, 2.05) is 38.2 Å². The Kier molecular flexibility index (Phi) is 5.59. The summed E-state index contributed by atoms with van der Waals surface area (Å²) < 4.78 is 0. The lowest BCUT2D eigenvalue weighted by Crippen LogP contribution is -2.38. The van der Waals surface area contributed by atoms with Gasteiger partial charge in [-0.25, -0.2) is 5.84 Å². The van der Waals surface area contributed by atoms with Crippen LogP contribution in [-0.4, -0.2) is 23.9 Å². The molecule has 0 saturated carbocycles. The second kappa shape index (κ2) is 6.73. The Morgan fingerprint density at radius 3 is 2.72 bits per heavy atom. The first kappa shape index (κ1) is 15.0. The number of nitrogens with one attached hydrogen (secondary N) is 1. The van der Waals surface area contributed by atoms with Gasteiger partial charge in [-0.05, 0) is 38.6 Å². The van der Waals surface area contributed by atoms with Crippen LogP contribution in [0.4, 0.5) is 0 Å². The van der Waals surface area contributed by atoms with Crippen molar-refractivity contribution in [3.63, 3.8) is 0 Å². The van der Waals surface area contributed by atoms with E-state index in [2.05, 4.69) is 17.2 Å². The van der Waals surface area contributed by atoms with E-state index in [1.165, 1.54) is 0 Å². The van der Waals surface area contributed by atoms with Gasteiger partial charge in [-0.15, -0.1) is 0 Å². The minimum absolute atomic E-state index is 0.0996. The number of halogens is 1. The average molecular weight is 270 g/mol. The fraction of sp³-hybridized carbons (Fsp3) is 0.462. The third-order valence-electron chi connectivity index (χ3n) is 3.28. The highest BCUT2D eigenvalue weighted by molar-refractivity contribution is 6.30. The first-order valence-corrected chi connectivity index (χ1v) is 6.30. The van der Waals surface area contributed by atoms with E-state index in [-0.39, 0.29) is 18.0 Å². The third-order valence-corrected chi connectivity index (χ3v) is 3.51. The second-order valence-electron chi connectivity index (χ2n) is 4.52. The normalized spacial score (nSPS) is 14.3. The number of hydrogen-bond donors (Lipinski definition) is 2. The quantitative estimate of drug-likeness (QED) is 0.489. The van der Waals surface area contributed by atoms with Gasteiger partial charge < -0.3 is 0 Å². The Hall–Kier alpha value is -1.10. The topological polar surface area (TPSA) is 58.4 Å². The number of carbonyl (C=O) groups excluding carboxylic acids is 1. The maximum absolute atomic E-state index is 11.3. The molecule has 2 atom stereocenters. The fourth-order valence-corrected chi connectivity index (χ4v) is 2.05. The van der Waals surface area contributed by atoms with Crippen molar-refractivity contribution in [2.75, 3.05) is 7.05 Å². The Morgan fingerprint density at radius 2 is 2.17 bits per heavy atom. The molecule has 0 aliphatic carbocycles. The number of carbonyl (C=O) groups is 1. The van der Waals surface area contributed by atoms with Crippen molar-refractivity contribution in [3.05, 3.63) is 34.9 Å². The lowest BCUT2D eigenvalue weighted by molar-refractivity contribution is -0.122. The van der Waals surface area contributed by atoms with Crippen molar-refractivity contribution >= 4 is 17.5 Å². The molecule has 0 bridgehead atoms. The Labute approximate surface area is 113 Å². The summed E-state index contributed by atoms with van der Waals surface area (Å²) in [7, 11) is 1.99. The van der Waals surface area contributed by atoms with Crippen molar-refractivity contribution in [2.24, 2.45) is 5.84 Å². The van der Waals surface area contributed by atoms with Crippen LogP contribution in [0.5, 0.6) is 0 Å². The molecule has 100 valence electrons. The molecule has 0 aliphatic rings. The smallest absolute Gasteiger partial charge is 0.235 e. The molecule has 18 heavy (non-hydrogen) atoms. The fourth-order valence-electron chi connectivity index (χ4n) is 1.85. The van der Waals surface area contributed by atoms with Crippen LogP contribution in [0.1, 0.15) is 31.9 Å². The van der Waals surface area contributed by atoms with Crippen LogP contribution >= 0.6 is 11.6 Å². The monoisotopic (exact) mass is 269 g/mol. The summed E-state index contributed by atoms with van der Waals surface area (Å²) in [6, 6.07) is 8.04. The lowest BCUT2D eigenvalue weighted by atomic mass is 10.0. The highest BCUT2D eigenvalue weighted by atomic mass is 35.5. The molecule has 0 heterocycles. The summed E-state index contributed by atoms with van der Waals surface area (Å²) in [5.41, 5.74) is 3.28. The van der Waals surface area contributed by atoms with Crippen molar-refractivity contribution in [2.45, 2.75) is 32.4 Å². The Bertz CT molecular complexity index is 411. The molecule has 0 spiro atoms. The van der Waals surface area contributed by atoms with E-state index < -0.39 is 0 Å². The maximum Gasteiger partial charge on any atom is 0.235 e. The molecule has 1 aromatic carbocycles. The van der Waals surface area contributed by atoms with Crippen molar-refractivity contribution in [1.82, 2.24) is 10.3 Å². The molecular weight excluding hydrogens is 250 g/mol. The number of nitrogens with two attached hydrogens (primary N) is 1. The van der Waals surface area contributed by atoms with Crippen LogP contribution in [0.25, 0.3) is 0 Å². The van der Waals surface area contributed by atoms with Crippen molar-refractivity contribution in [3.8, 4) is 0 Å². The molecule has 0 radical (unpaired) electrons. The summed E-state index contributed by atoms with van der Waals surface area (Å²) in [6.07, 6.45) is 0.373. The van der Waals surface area contributed by atoms with Gasteiger partial charge in [0.1, 0.15) is 0 Å². The molecule has 5 heteroatoms. The van der Waals surface area contributed by atoms with E-state index >= 15 is 0 Å². The van der Waals surface area contributed by atoms with E-state index in [9.17, 15) is 4.79 Å². The molecule has 0 saturated heterocycles. The molecule has 0 aliphatic heterocycles. The summed E-state index contributed by atoms with van der Waals surface area (Å²) in [5, 5.41) is 0.722. The van der Waals surface area contributed by atoms with Gasteiger partial charge >= 0.3 is 0 Å². The van der Waals surface area contributed by atoms with Crippen molar-refractivity contribution < 1.29 is 4.79 Å². The summed E-state index contributed by atoms with van der Waals surface area (Å²) >= 11 is 5.98. The van der Waals surface area contributed by atoms with Crippen LogP contribution in [-0.2, 0) is 4.79 Å². The van der Waals surface area contributed by atoms with Crippen LogP contribution < -0.4 is 11.3 Å². The molecule has 2 unspecified atom stereocenters. The molecule has 0 fully saturated rings. The average Bonchev–Trinajstić information content (AvgIpc) is 2.36. The second-order valence-corrected chi connectivity index (χ2v) is 4.95. The third kappa shape index (κ3) is 3.98. The van der Waals surface area contributed by atoms with E-state index in [0.717, 1.165) is 10.6 Å². The minimum Gasteiger partial charge on any atom is -0.296 e. The zero-order valence-corrected chi connectivity index (χ0v) is 11.7. The Morgan fingerprint density at radius 1 is 1.50 bits per heavy atom. The zero-order chi connectivity index (χ0) is 13.7. The van der Waals surface area contributed by atoms with Crippen LogP contribution in [0.15, 0.2) is 24.3 Å². The van der Waals surface area contributed by atoms with Gasteiger partial charge in [0, 0.05) is 23.5 Å². The molecule has 1 rings (SSSR count). The highest BCUT2D eigenvalue weighted by Gasteiger charge is 2.19. The molecule has 3 N–H and O–H groups in total. The molecular formula is C13H20ClN3O. The number of benzene rings is 1. The van der Waals surface area contributed by atoms with Gasteiger partial charge in [-0.3, -0.25) is 15.1 Å². The molecule has 0 aromatic heterocycles. The summed E-state index contributed by atoms with van der Waals surface area (Å²) in [4.78, 5) is 13.4. The van der Waals surface area contributed by atoms with E-state index in [0.29, 0.717) is 6.42 Å². The van der Waals surface area contributed by atoms with Crippen molar-refractivity contribution in [1.29, 1.82) is 0 Å². The van der Waals surface area contributed by atoms with Crippen LogP contribution in [0.3, 0.4) is 0 Å². The van der Waals surface area contributed by atoms with E-state index in [1.54, 1.807) is 0 Å². The SMILES string of the molecule is CC(CC(=O)NN)N(C)C(C)c1cccc(Cl)c1. The predicted octanol–water partition coefficient (Wildman–Crippen LogP) is 2.10. The molecule has 1 aromatic rings. The number of hydrogen-bond acceptors (Lipinski definition) is 3. The van der Waals surface area contributed by atoms with Gasteiger partial charge in [0.15, 0.2) is 0 Å². The lowest BCUT2D eigenvalue weighted by Gasteiger charge is -2.30. The Balaban J connectivity index is 2.71. The minimum atomic E-state index is -0.160. The highest BCUT2D eigenvalue weighted by Crippen LogP contribution is 2.24. The summed E-state index contributed by atoms with van der Waals surface area (Å²) in [5.74, 6) is 4.93. The molecule has 1 amide bonds. The van der Waals surface area contributed by atoms with Crippen LogP contribution in [0, 0.1) is 0 Å². The molecule has 4 nitrogen and oxygen atoms in total. The summed E-state index contributed by atoms with van der Waals surface area (Å²) in [6.45, 7) is 4.08. The largest absolute Gasteiger partial charge is 0.296 e. The first-order valence-electron chi connectivity index (χ1n) is 5.92. The number of hydrazine groups is 1. The predicted molar refractivity (Wildman–Crippen MR) is 74.0 cm³/mol. The van der Waals surface area contributed by atoms with E-state index in [4.69, 9.17) is 17.4 Å².